The highest BCUT2D eigenvalue weighted by molar-refractivity contribution is 5.44. The fourth-order valence-electron chi connectivity index (χ4n) is 1.33. The van der Waals surface area contributed by atoms with Crippen molar-refractivity contribution in [1.82, 2.24) is 14.8 Å². The molecule has 0 radical (unpaired) electrons. The molecule has 15 heavy (non-hydrogen) atoms. The molecule has 3 nitrogen and oxygen atoms in total. The normalized spacial score (nSPS) is 10.2. The van der Waals surface area contributed by atoms with Gasteiger partial charge in [-0.25, -0.2) is 9.67 Å². The summed E-state index contributed by atoms with van der Waals surface area (Å²) in [6.07, 6.45) is 8.32. The van der Waals surface area contributed by atoms with Gasteiger partial charge in [-0.1, -0.05) is 25.6 Å². The molecule has 2 aromatic heterocycles. The highest BCUT2D eigenvalue weighted by atomic mass is 15.3. The molecular weight excluding hydrogens is 186 g/mol. The maximum atomic E-state index is 4.33. The van der Waals surface area contributed by atoms with Crippen LogP contribution in [0.2, 0.25) is 0 Å². The monoisotopic (exact) mass is 199 g/mol. The van der Waals surface area contributed by atoms with Crippen LogP contribution in [0.25, 0.3) is 11.9 Å². The van der Waals surface area contributed by atoms with Crippen molar-refractivity contribution < 1.29 is 0 Å². The Morgan fingerprint density at radius 1 is 1.40 bits per heavy atom. The maximum Gasteiger partial charge on any atom is 0.153 e. The summed E-state index contributed by atoms with van der Waals surface area (Å²) in [7, 11) is 0. The van der Waals surface area contributed by atoms with E-state index in [0.29, 0.717) is 0 Å². The minimum Gasteiger partial charge on any atom is -0.237 e. The highest BCUT2D eigenvalue weighted by Crippen LogP contribution is 2.07. The zero-order valence-electron chi connectivity index (χ0n) is 8.72. The van der Waals surface area contributed by atoms with E-state index in [1.165, 1.54) is 5.56 Å². The van der Waals surface area contributed by atoms with Gasteiger partial charge in [0.25, 0.3) is 0 Å². The van der Waals surface area contributed by atoms with Crippen molar-refractivity contribution in [2.75, 3.05) is 0 Å². The zero-order valence-corrected chi connectivity index (χ0v) is 8.72. The first kappa shape index (κ1) is 9.65. The number of pyridine rings is 1. The second-order valence-corrected chi connectivity index (χ2v) is 3.30. The molecule has 0 N–H and O–H groups in total. The van der Waals surface area contributed by atoms with Gasteiger partial charge in [0.05, 0.1) is 6.20 Å². The first-order valence-corrected chi connectivity index (χ1v) is 4.96. The van der Waals surface area contributed by atoms with Gasteiger partial charge in [0, 0.05) is 18.0 Å². The lowest BCUT2D eigenvalue weighted by atomic mass is 10.2. The number of aryl methyl sites for hydroxylation is 1. The smallest absolute Gasteiger partial charge is 0.153 e. The molecule has 0 aromatic carbocycles. The lowest BCUT2D eigenvalue weighted by Gasteiger charge is -2.00. The Hall–Kier alpha value is -1.90. The number of nitrogens with zero attached hydrogens (tertiary/aromatic N) is 3. The molecule has 76 valence electrons. The third kappa shape index (κ3) is 1.96. The second-order valence-electron chi connectivity index (χ2n) is 3.30. The largest absolute Gasteiger partial charge is 0.237 e. The molecular formula is C12H13N3. The van der Waals surface area contributed by atoms with E-state index in [1.807, 2.05) is 18.5 Å². The number of aromatic nitrogens is 3. The van der Waals surface area contributed by atoms with E-state index < -0.39 is 0 Å². The van der Waals surface area contributed by atoms with Crippen LogP contribution in [0.15, 0.2) is 37.3 Å². The minimum absolute atomic E-state index is 0.834. The molecule has 0 fully saturated rings. The predicted octanol–water partition coefficient (Wildman–Crippen LogP) is 2.47. The molecule has 0 saturated heterocycles. The molecule has 0 saturated carbocycles. The van der Waals surface area contributed by atoms with Gasteiger partial charge >= 0.3 is 0 Å². The summed E-state index contributed by atoms with van der Waals surface area (Å²) in [5, 5.41) is 4.20. The van der Waals surface area contributed by atoms with Crippen LogP contribution >= 0.6 is 0 Å². The first-order chi connectivity index (χ1) is 7.33. The van der Waals surface area contributed by atoms with E-state index in [4.69, 9.17) is 0 Å². The average molecular weight is 199 g/mol. The molecule has 3 heteroatoms. The molecule has 0 unspecified atom stereocenters. The van der Waals surface area contributed by atoms with Crippen LogP contribution in [-0.4, -0.2) is 14.8 Å². The molecule has 2 rings (SSSR count). The van der Waals surface area contributed by atoms with E-state index in [2.05, 4.69) is 29.7 Å². The van der Waals surface area contributed by atoms with Crippen molar-refractivity contribution in [2.45, 2.75) is 13.3 Å². The van der Waals surface area contributed by atoms with Crippen molar-refractivity contribution in [1.29, 1.82) is 0 Å². The van der Waals surface area contributed by atoms with E-state index in [9.17, 15) is 0 Å². The Morgan fingerprint density at radius 3 is 2.80 bits per heavy atom. The molecule has 0 aliphatic carbocycles. The van der Waals surface area contributed by atoms with E-state index in [-0.39, 0.29) is 0 Å². The third-order valence-electron chi connectivity index (χ3n) is 2.29. The van der Waals surface area contributed by atoms with E-state index in [1.54, 1.807) is 17.0 Å². The summed E-state index contributed by atoms with van der Waals surface area (Å²) >= 11 is 0. The van der Waals surface area contributed by atoms with Gasteiger partial charge in [0.15, 0.2) is 5.82 Å². The van der Waals surface area contributed by atoms with Crippen molar-refractivity contribution >= 4 is 6.08 Å². The topological polar surface area (TPSA) is 30.7 Å². The fraction of sp³-hybridized carbons (Fsp3) is 0.167. The molecule has 0 aliphatic rings. The van der Waals surface area contributed by atoms with Crippen molar-refractivity contribution in [3.05, 3.63) is 48.4 Å². The van der Waals surface area contributed by atoms with E-state index in [0.717, 1.165) is 17.8 Å². The van der Waals surface area contributed by atoms with Crippen LogP contribution in [0.4, 0.5) is 0 Å². The molecule has 0 atom stereocenters. The second kappa shape index (κ2) is 4.09. The summed E-state index contributed by atoms with van der Waals surface area (Å²) in [5.41, 5.74) is 2.23. The van der Waals surface area contributed by atoms with Crippen LogP contribution in [-0.2, 0) is 6.42 Å². The first-order valence-electron chi connectivity index (χ1n) is 4.96. The Kier molecular flexibility index (Phi) is 2.63. The van der Waals surface area contributed by atoms with Gasteiger partial charge in [-0.05, 0) is 18.1 Å². The lowest BCUT2D eigenvalue weighted by molar-refractivity contribution is 0.843. The molecule has 0 amide bonds. The third-order valence-corrected chi connectivity index (χ3v) is 2.29. The number of hydrogen-bond acceptors (Lipinski definition) is 2. The molecule has 0 aliphatic heterocycles. The predicted molar refractivity (Wildman–Crippen MR) is 60.8 cm³/mol. The molecule has 0 bridgehead atoms. The standard InChI is InChI=1S/C12H13N3/c1-3-10-5-6-12(13-7-10)15-9-11(4-2)8-14-15/h4-9H,2-3H2,1H3. The van der Waals surface area contributed by atoms with E-state index >= 15 is 0 Å². The fourth-order valence-corrected chi connectivity index (χ4v) is 1.33. The van der Waals surface area contributed by atoms with Gasteiger partial charge in [-0.3, -0.25) is 0 Å². The lowest BCUT2D eigenvalue weighted by Crippen LogP contribution is -1.97. The summed E-state index contributed by atoms with van der Waals surface area (Å²) in [4.78, 5) is 4.33. The van der Waals surface area contributed by atoms with Gasteiger partial charge in [-0.15, -0.1) is 0 Å². The number of hydrogen-bond donors (Lipinski definition) is 0. The Balaban J connectivity index is 2.32. The van der Waals surface area contributed by atoms with Crippen LogP contribution < -0.4 is 0 Å². The van der Waals surface area contributed by atoms with Crippen LogP contribution in [0.1, 0.15) is 18.1 Å². The van der Waals surface area contributed by atoms with Gasteiger partial charge in [0.2, 0.25) is 0 Å². The highest BCUT2D eigenvalue weighted by Gasteiger charge is 1.99. The SMILES string of the molecule is C=Cc1cnn(-c2ccc(CC)cn2)c1. The zero-order chi connectivity index (χ0) is 10.7. The van der Waals surface area contributed by atoms with Gasteiger partial charge in [-0.2, -0.15) is 5.10 Å². The summed E-state index contributed by atoms with van der Waals surface area (Å²) in [5.74, 6) is 0.834. The van der Waals surface area contributed by atoms with Crippen molar-refractivity contribution in [2.24, 2.45) is 0 Å². The van der Waals surface area contributed by atoms with Crippen LogP contribution in [0, 0.1) is 0 Å². The Bertz CT molecular complexity index is 454. The van der Waals surface area contributed by atoms with Crippen molar-refractivity contribution in [3.8, 4) is 5.82 Å². The van der Waals surface area contributed by atoms with Gasteiger partial charge in [0.1, 0.15) is 0 Å². The molecule has 0 spiro atoms. The molecule has 2 aromatic rings. The summed E-state index contributed by atoms with van der Waals surface area (Å²) in [6.45, 7) is 5.80. The quantitative estimate of drug-likeness (QED) is 0.760. The summed E-state index contributed by atoms with van der Waals surface area (Å²) in [6, 6.07) is 4.04. The maximum absolute atomic E-state index is 4.33. The van der Waals surface area contributed by atoms with Crippen LogP contribution in [0.3, 0.4) is 0 Å². The van der Waals surface area contributed by atoms with Crippen molar-refractivity contribution in [3.63, 3.8) is 0 Å². The average Bonchev–Trinajstić information content (AvgIpc) is 2.78. The molecule has 2 heterocycles. The van der Waals surface area contributed by atoms with Gasteiger partial charge < -0.3 is 0 Å². The Labute approximate surface area is 89.1 Å². The van der Waals surface area contributed by atoms with Crippen LogP contribution in [0.5, 0.6) is 0 Å². The summed E-state index contributed by atoms with van der Waals surface area (Å²) < 4.78 is 1.75. The Morgan fingerprint density at radius 2 is 2.27 bits per heavy atom. The number of rotatable bonds is 3. The minimum atomic E-state index is 0.834.